The molecule has 0 amide bonds. The Morgan fingerprint density at radius 2 is 1.94 bits per heavy atom. The molecule has 3 N–H and O–H groups in total. The molecule has 3 heteroatoms. The maximum atomic E-state index is 5.50. The van der Waals surface area contributed by atoms with Crippen molar-refractivity contribution in [3.63, 3.8) is 0 Å². The van der Waals surface area contributed by atoms with Gasteiger partial charge in [0.2, 0.25) is 0 Å². The van der Waals surface area contributed by atoms with Crippen molar-refractivity contribution < 1.29 is 4.42 Å². The number of hydrogen-bond acceptors (Lipinski definition) is 3. The maximum absolute atomic E-state index is 5.50. The summed E-state index contributed by atoms with van der Waals surface area (Å²) >= 11 is 0. The Morgan fingerprint density at radius 1 is 1.19 bits per heavy atom. The molecular formula is C13H16N2O. The van der Waals surface area contributed by atoms with Gasteiger partial charge in [0.1, 0.15) is 5.76 Å². The largest absolute Gasteiger partial charge is 0.445 e. The molecule has 1 heterocycles. The Bertz CT molecular complexity index is 436. The standard InChI is InChI=1S/C13H16N2O/c1-10(11-5-3-2-4-6-11)15-9-12-7-8-13(14)16-12/h2-8,10,15H,9,14H2,1H3. The Morgan fingerprint density at radius 3 is 2.56 bits per heavy atom. The summed E-state index contributed by atoms with van der Waals surface area (Å²) in [6, 6.07) is 14.3. The van der Waals surface area contributed by atoms with Crippen molar-refractivity contribution in [3.05, 3.63) is 53.8 Å². The highest BCUT2D eigenvalue weighted by Crippen LogP contribution is 2.14. The lowest BCUT2D eigenvalue weighted by molar-refractivity contribution is 0.471. The zero-order valence-corrected chi connectivity index (χ0v) is 9.31. The molecule has 0 bridgehead atoms. The summed E-state index contributed by atoms with van der Waals surface area (Å²) in [7, 11) is 0. The molecule has 0 fully saturated rings. The van der Waals surface area contributed by atoms with E-state index in [1.54, 1.807) is 6.07 Å². The first-order valence-electron chi connectivity index (χ1n) is 5.38. The molecule has 0 saturated heterocycles. The third kappa shape index (κ3) is 2.64. The van der Waals surface area contributed by atoms with Crippen molar-refractivity contribution in [1.29, 1.82) is 0 Å². The molecule has 0 radical (unpaired) electrons. The number of nitrogens with one attached hydrogen (secondary N) is 1. The first kappa shape index (κ1) is 10.8. The first-order chi connectivity index (χ1) is 7.75. The van der Waals surface area contributed by atoms with Gasteiger partial charge >= 0.3 is 0 Å². The van der Waals surface area contributed by atoms with Gasteiger partial charge in [0.15, 0.2) is 5.88 Å². The minimum absolute atomic E-state index is 0.299. The third-order valence-corrected chi connectivity index (χ3v) is 2.56. The van der Waals surface area contributed by atoms with Crippen LogP contribution in [-0.4, -0.2) is 0 Å². The predicted octanol–water partition coefficient (Wildman–Crippen LogP) is 2.71. The molecule has 0 aliphatic rings. The number of rotatable bonds is 4. The van der Waals surface area contributed by atoms with Gasteiger partial charge in [0, 0.05) is 12.1 Å². The van der Waals surface area contributed by atoms with E-state index in [-0.39, 0.29) is 0 Å². The van der Waals surface area contributed by atoms with Crippen LogP contribution in [-0.2, 0) is 6.54 Å². The highest BCUT2D eigenvalue weighted by atomic mass is 16.4. The molecule has 2 aromatic rings. The Hall–Kier alpha value is -1.74. The lowest BCUT2D eigenvalue weighted by Gasteiger charge is -2.12. The molecule has 0 spiro atoms. The first-order valence-corrected chi connectivity index (χ1v) is 5.38. The number of nitrogen functional groups attached to an aromatic ring is 1. The minimum atomic E-state index is 0.299. The summed E-state index contributed by atoms with van der Waals surface area (Å²) in [5.74, 6) is 1.32. The van der Waals surface area contributed by atoms with E-state index in [4.69, 9.17) is 10.2 Å². The molecular weight excluding hydrogens is 200 g/mol. The molecule has 0 saturated carbocycles. The number of nitrogens with two attached hydrogens (primary N) is 1. The van der Waals surface area contributed by atoms with Gasteiger partial charge < -0.3 is 15.5 Å². The molecule has 1 aromatic heterocycles. The van der Waals surface area contributed by atoms with Gasteiger partial charge in [-0.1, -0.05) is 30.3 Å². The summed E-state index contributed by atoms with van der Waals surface area (Å²) in [6.45, 7) is 2.81. The van der Waals surface area contributed by atoms with E-state index >= 15 is 0 Å². The lowest BCUT2D eigenvalue weighted by Crippen LogP contribution is -2.17. The molecule has 16 heavy (non-hydrogen) atoms. The van der Waals surface area contributed by atoms with Crippen molar-refractivity contribution in [2.45, 2.75) is 19.5 Å². The number of furan rings is 1. The average Bonchev–Trinajstić information content (AvgIpc) is 2.73. The molecule has 3 nitrogen and oxygen atoms in total. The molecule has 1 aromatic carbocycles. The van der Waals surface area contributed by atoms with E-state index < -0.39 is 0 Å². The highest BCUT2D eigenvalue weighted by Gasteiger charge is 2.05. The van der Waals surface area contributed by atoms with E-state index in [1.807, 2.05) is 24.3 Å². The van der Waals surface area contributed by atoms with Gasteiger partial charge in [-0.15, -0.1) is 0 Å². The van der Waals surface area contributed by atoms with Gasteiger partial charge in [-0.2, -0.15) is 0 Å². The van der Waals surface area contributed by atoms with Crippen molar-refractivity contribution >= 4 is 5.88 Å². The van der Waals surface area contributed by atoms with Crippen LogP contribution in [0.25, 0.3) is 0 Å². The summed E-state index contributed by atoms with van der Waals surface area (Å²) in [5.41, 5.74) is 6.77. The topological polar surface area (TPSA) is 51.2 Å². The second-order valence-corrected chi connectivity index (χ2v) is 3.82. The summed E-state index contributed by atoms with van der Waals surface area (Å²) in [6.07, 6.45) is 0. The third-order valence-electron chi connectivity index (χ3n) is 2.56. The van der Waals surface area contributed by atoms with E-state index in [1.165, 1.54) is 5.56 Å². The monoisotopic (exact) mass is 216 g/mol. The quantitative estimate of drug-likeness (QED) is 0.826. The van der Waals surface area contributed by atoms with Gasteiger partial charge in [0.25, 0.3) is 0 Å². The SMILES string of the molecule is CC(NCc1ccc(N)o1)c1ccccc1. The second kappa shape index (κ2) is 4.86. The zero-order chi connectivity index (χ0) is 11.4. The molecule has 0 aliphatic carbocycles. The van der Waals surface area contributed by atoms with Gasteiger partial charge in [-0.05, 0) is 18.6 Å². The number of hydrogen-bond donors (Lipinski definition) is 2. The molecule has 0 aliphatic heterocycles. The van der Waals surface area contributed by atoms with Gasteiger partial charge in [0.05, 0.1) is 6.54 Å². The highest BCUT2D eigenvalue weighted by molar-refractivity contribution is 5.25. The van der Waals surface area contributed by atoms with Crippen LogP contribution in [0.4, 0.5) is 5.88 Å². The normalized spacial score (nSPS) is 12.6. The van der Waals surface area contributed by atoms with E-state index in [9.17, 15) is 0 Å². The van der Waals surface area contributed by atoms with Crippen LogP contribution >= 0.6 is 0 Å². The van der Waals surface area contributed by atoms with E-state index in [0.717, 1.165) is 5.76 Å². The fraction of sp³-hybridized carbons (Fsp3) is 0.231. The zero-order valence-electron chi connectivity index (χ0n) is 9.31. The smallest absolute Gasteiger partial charge is 0.190 e. The van der Waals surface area contributed by atoms with Crippen LogP contribution in [0, 0.1) is 0 Å². The number of benzene rings is 1. The van der Waals surface area contributed by atoms with E-state index in [0.29, 0.717) is 18.5 Å². The van der Waals surface area contributed by atoms with Crippen LogP contribution in [0.5, 0.6) is 0 Å². The fourth-order valence-electron chi connectivity index (χ4n) is 1.60. The van der Waals surface area contributed by atoms with Crippen molar-refractivity contribution in [3.8, 4) is 0 Å². The van der Waals surface area contributed by atoms with Gasteiger partial charge in [-0.3, -0.25) is 0 Å². The lowest BCUT2D eigenvalue weighted by atomic mass is 10.1. The van der Waals surface area contributed by atoms with Crippen LogP contribution in [0.3, 0.4) is 0 Å². The van der Waals surface area contributed by atoms with Crippen LogP contribution in [0.2, 0.25) is 0 Å². The fourth-order valence-corrected chi connectivity index (χ4v) is 1.60. The second-order valence-electron chi connectivity index (χ2n) is 3.82. The summed E-state index contributed by atoms with van der Waals surface area (Å²) in [4.78, 5) is 0. The van der Waals surface area contributed by atoms with Gasteiger partial charge in [-0.25, -0.2) is 0 Å². The Balaban J connectivity index is 1.91. The number of anilines is 1. The predicted molar refractivity (Wildman–Crippen MR) is 64.8 cm³/mol. The van der Waals surface area contributed by atoms with Crippen LogP contribution in [0.15, 0.2) is 46.9 Å². The Labute approximate surface area is 95.3 Å². The van der Waals surface area contributed by atoms with E-state index in [2.05, 4.69) is 24.4 Å². The minimum Gasteiger partial charge on any atom is -0.445 e. The molecule has 84 valence electrons. The van der Waals surface area contributed by atoms with Crippen LogP contribution < -0.4 is 11.1 Å². The summed E-state index contributed by atoms with van der Waals surface area (Å²) < 4.78 is 5.29. The average molecular weight is 216 g/mol. The Kier molecular flexibility index (Phi) is 3.27. The maximum Gasteiger partial charge on any atom is 0.190 e. The van der Waals surface area contributed by atoms with Crippen molar-refractivity contribution in [2.75, 3.05) is 5.73 Å². The summed E-state index contributed by atoms with van der Waals surface area (Å²) in [5, 5.41) is 3.38. The molecule has 1 unspecified atom stereocenters. The molecule has 2 rings (SSSR count). The van der Waals surface area contributed by atoms with Crippen LogP contribution in [0.1, 0.15) is 24.3 Å². The van der Waals surface area contributed by atoms with Crippen molar-refractivity contribution in [2.24, 2.45) is 0 Å². The molecule has 1 atom stereocenters. The van der Waals surface area contributed by atoms with Crippen molar-refractivity contribution in [1.82, 2.24) is 5.32 Å².